The zero-order chi connectivity index (χ0) is 31.0. The molecule has 0 amide bonds. The number of likely N-dealkylation sites (tertiary alicyclic amines) is 1. The molecule has 0 N–H and O–H groups in total. The number of piperidine rings is 1. The standard InChI is InChI=1S/C39H52N4/c1-9-12-13-20-30(4)36-38(31(5)10-2)23-18-27-43(29-34-21-14-16-25-40-34)28-19-24-39(33(38)7,32(6)11-3)37(42(36)8)35-22-15-17-26-41-35/h9,12-26,31-32,36-37H,4,7,10-11,27-29H2,1-3,5-6,8H3/b12-9-,20-13-,23-18?,24-19?. The predicted octanol–water partition coefficient (Wildman–Crippen LogP) is 8.77. The normalized spacial score (nSPS) is 28.4. The summed E-state index contributed by atoms with van der Waals surface area (Å²) in [5.74, 6) is 0.666. The number of likely N-dealkylation sites (N-methyl/N-ethyl adjacent to an activating group) is 1. The van der Waals surface area contributed by atoms with Crippen LogP contribution in [0.2, 0.25) is 0 Å². The average Bonchev–Trinajstić information content (AvgIpc) is 3.02. The minimum Gasteiger partial charge on any atom is -0.290 e. The van der Waals surface area contributed by atoms with E-state index in [1.54, 1.807) is 0 Å². The summed E-state index contributed by atoms with van der Waals surface area (Å²) in [6, 6.07) is 12.5. The van der Waals surface area contributed by atoms with E-state index in [1.165, 1.54) is 5.57 Å². The van der Waals surface area contributed by atoms with Gasteiger partial charge in [0.2, 0.25) is 0 Å². The van der Waals surface area contributed by atoms with E-state index < -0.39 is 0 Å². The topological polar surface area (TPSA) is 32.3 Å². The van der Waals surface area contributed by atoms with Crippen molar-refractivity contribution in [3.63, 3.8) is 0 Å². The lowest BCUT2D eigenvalue weighted by Crippen LogP contribution is -2.63. The summed E-state index contributed by atoms with van der Waals surface area (Å²) in [4.78, 5) is 14.7. The van der Waals surface area contributed by atoms with Crippen molar-refractivity contribution in [1.82, 2.24) is 19.8 Å². The van der Waals surface area contributed by atoms with Crippen LogP contribution in [-0.2, 0) is 6.54 Å². The van der Waals surface area contributed by atoms with Gasteiger partial charge in [0, 0.05) is 48.9 Å². The molecule has 0 spiro atoms. The monoisotopic (exact) mass is 576 g/mol. The molecule has 1 saturated heterocycles. The molecule has 2 bridgehead atoms. The Morgan fingerprint density at radius 1 is 0.953 bits per heavy atom. The minimum absolute atomic E-state index is 0.00138. The molecule has 4 rings (SSSR count). The highest BCUT2D eigenvalue weighted by Gasteiger charge is 2.62. The van der Waals surface area contributed by atoms with Gasteiger partial charge in [0.1, 0.15) is 0 Å². The van der Waals surface area contributed by atoms with Gasteiger partial charge in [-0.3, -0.25) is 19.8 Å². The molecule has 4 heteroatoms. The second-order valence-electron chi connectivity index (χ2n) is 12.5. The van der Waals surface area contributed by atoms with Gasteiger partial charge in [-0.1, -0.05) is 120 Å². The van der Waals surface area contributed by atoms with E-state index in [4.69, 9.17) is 18.1 Å². The highest BCUT2D eigenvalue weighted by molar-refractivity contribution is 5.47. The van der Waals surface area contributed by atoms with Crippen LogP contribution in [0.25, 0.3) is 0 Å². The van der Waals surface area contributed by atoms with Gasteiger partial charge in [-0.2, -0.15) is 0 Å². The maximum atomic E-state index is 5.12. The second kappa shape index (κ2) is 14.4. The lowest BCUT2D eigenvalue weighted by Gasteiger charge is -2.64. The molecule has 228 valence electrons. The fourth-order valence-corrected chi connectivity index (χ4v) is 7.71. The largest absolute Gasteiger partial charge is 0.290 e. The lowest BCUT2D eigenvalue weighted by molar-refractivity contribution is -0.0331. The highest BCUT2D eigenvalue weighted by Crippen LogP contribution is 2.65. The van der Waals surface area contributed by atoms with Crippen molar-refractivity contribution in [3.05, 3.63) is 133 Å². The van der Waals surface area contributed by atoms with E-state index in [1.807, 2.05) is 31.5 Å². The first-order valence-electron chi connectivity index (χ1n) is 16.1. The van der Waals surface area contributed by atoms with Gasteiger partial charge in [-0.05, 0) is 55.6 Å². The summed E-state index contributed by atoms with van der Waals surface area (Å²) in [6.07, 6.45) is 24.2. The molecule has 2 aliphatic rings. The summed E-state index contributed by atoms with van der Waals surface area (Å²) in [5.41, 5.74) is 3.86. The number of nitrogens with zero attached hydrogens (tertiary/aromatic N) is 4. The summed E-state index contributed by atoms with van der Waals surface area (Å²) in [7, 11) is 2.29. The molecule has 1 fully saturated rings. The Labute approximate surface area is 261 Å². The van der Waals surface area contributed by atoms with Gasteiger partial charge in [0.25, 0.3) is 0 Å². The first-order chi connectivity index (χ1) is 20.8. The van der Waals surface area contributed by atoms with Gasteiger partial charge in [0.15, 0.2) is 0 Å². The van der Waals surface area contributed by atoms with Crippen LogP contribution in [-0.4, -0.2) is 45.9 Å². The van der Waals surface area contributed by atoms with Crippen molar-refractivity contribution < 1.29 is 0 Å². The van der Waals surface area contributed by atoms with Crippen LogP contribution in [0.4, 0.5) is 0 Å². The summed E-state index contributed by atoms with van der Waals surface area (Å²) in [6.45, 7) is 23.8. The minimum atomic E-state index is -0.344. The van der Waals surface area contributed by atoms with Gasteiger partial charge < -0.3 is 0 Å². The van der Waals surface area contributed by atoms with Crippen LogP contribution < -0.4 is 0 Å². The number of fused-ring (bicyclic) bond motifs is 2. The molecular formula is C39H52N4. The molecule has 0 radical (unpaired) electrons. The van der Waals surface area contributed by atoms with Crippen molar-refractivity contribution in [2.75, 3.05) is 20.1 Å². The summed E-state index contributed by atoms with van der Waals surface area (Å²) < 4.78 is 0. The molecule has 0 aliphatic carbocycles. The van der Waals surface area contributed by atoms with Crippen LogP contribution in [0.1, 0.15) is 64.9 Å². The highest BCUT2D eigenvalue weighted by atomic mass is 15.2. The van der Waals surface area contributed by atoms with Crippen LogP contribution in [0, 0.1) is 22.7 Å². The second-order valence-corrected chi connectivity index (χ2v) is 12.5. The number of pyridine rings is 2. The smallest absolute Gasteiger partial charge is 0.0656 e. The fraction of sp³-hybridized carbons (Fsp3) is 0.436. The molecule has 2 aromatic heterocycles. The predicted molar refractivity (Wildman–Crippen MR) is 182 cm³/mol. The SMILES string of the molecule is C=C(/C=C\C=C/C)C1N(C)C(c2ccccn2)C2(C(C)CC)C=CCN(Cc3ccccn3)CC=CC1(C(C)CC)C2=C. The quantitative estimate of drug-likeness (QED) is 0.209. The van der Waals surface area contributed by atoms with Gasteiger partial charge >= 0.3 is 0 Å². The van der Waals surface area contributed by atoms with Gasteiger partial charge in [0.05, 0.1) is 17.4 Å². The van der Waals surface area contributed by atoms with Crippen molar-refractivity contribution in [1.29, 1.82) is 0 Å². The molecule has 0 aromatic carbocycles. The fourth-order valence-electron chi connectivity index (χ4n) is 7.71. The van der Waals surface area contributed by atoms with Crippen LogP contribution in [0.15, 0.2) is 122 Å². The van der Waals surface area contributed by atoms with E-state index in [-0.39, 0.29) is 22.9 Å². The van der Waals surface area contributed by atoms with E-state index in [0.29, 0.717) is 11.8 Å². The van der Waals surface area contributed by atoms with Crippen LogP contribution in [0.3, 0.4) is 0 Å². The van der Waals surface area contributed by atoms with E-state index in [0.717, 1.165) is 49.4 Å². The van der Waals surface area contributed by atoms with Crippen molar-refractivity contribution in [2.24, 2.45) is 22.7 Å². The molecule has 0 saturated carbocycles. The van der Waals surface area contributed by atoms with E-state index >= 15 is 0 Å². The first-order valence-corrected chi connectivity index (χ1v) is 16.1. The summed E-state index contributed by atoms with van der Waals surface area (Å²) >= 11 is 0. The molecule has 43 heavy (non-hydrogen) atoms. The lowest BCUT2D eigenvalue weighted by atomic mass is 9.48. The molecule has 4 heterocycles. The van der Waals surface area contributed by atoms with Gasteiger partial charge in [-0.15, -0.1) is 0 Å². The average molecular weight is 577 g/mol. The number of hydrogen-bond acceptors (Lipinski definition) is 4. The van der Waals surface area contributed by atoms with Crippen LogP contribution >= 0.6 is 0 Å². The Hall–Kier alpha value is -3.34. The van der Waals surface area contributed by atoms with E-state index in [2.05, 4.69) is 122 Å². The molecular weight excluding hydrogens is 524 g/mol. The van der Waals surface area contributed by atoms with Crippen LogP contribution in [0.5, 0.6) is 0 Å². The van der Waals surface area contributed by atoms with E-state index in [9.17, 15) is 0 Å². The number of aromatic nitrogens is 2. The Balaban J connectivity index is 2.01. The Bertz CT molecular complexity index is 1340. The third-order valence-corrected chi connectivity index (χ3v) is 10.2. The summed E-state index contributed by atoms with van der Waals surface area (Å²) in [5, 5.41) is 0. The molecule has 4 nitrogen and oxygen atoms in total. The Morgan fingerprint density at radius 2 is 1.58 bits per heavy atom. The maximum Gasteiger partial charge on any atom is 0.0656 e. The zero-order valence-corrected chi connectivity index (χ0v) is 27.3. The third-order valence-electron chi connectivity index (χ3n) is 10.2. The van der Waals surface area contributed by atoms with Crippen molar-refractivity contribution in [2.45, 2.75) is 66.1 Å². The first kappa shape index (κ1) is 32.6. The Kier molecular flexibility index (Phi) is 10.9. The molecule has 2 aliphatic heterocycles. The molecule has 6 atom stereocenters. The number of hydrogen-bond donors (Lipinski definition) is 0. The third kappa shape index (κ3) is 6.18. The number of allylic oxidation sites excluding steroid dienone is 3. The van der Waals surface area contributed by atoms with Crippen molar-refractivity contribution >= 4 is 0 Å². The number of rotatable bonds is 10. The zero-order valence-electron chi connectivity index (χ0n) is 27.3. The maximum absolute atomic E-state index is 5.12. The molecule has 6 unspecified atom stereocenters. The molecule has 2 aromatic rings. The Morgan fingerprint density at radius 3 is 2.16 bits per heavy atom. The van der Waals surface area contributed by atoms with Crippen molar-refractivity contribution in [3.8, 4) is 0 Å². The van der Waals surface area contributed by atoms with Gasteiger partial charge in [-0.25, -0.2) is 0 Å².